The summed E-state index contributed by atoms with van der Waals surface area (Å²) < 4.78 is 0. The van der Waals surface area contributed by atoms with Gasteiger partial charge in [0.25, 0.3) is 0 Å². The molecule has 0 radical (unpaired) electrons. The quantitative estimate of drug-likeness (QED) is 0.887. The summed E-state index contributed by atoms with van der Waals surface area (Å²) in [7, 11) is 0. The molecule has 0 heterocycles. The van der Waals surface area contributed by atoms with Crippen LogP contribution in [0.1, 0.15) is 41.7 Å². The van der Waals surface area contributed by atoms with Crippen LogP contribution in [0.2, 0.25) is 0 Å². The van der Waals surface area contributed by atoms with Crippen LogP contribution in [-0.4, -0.2) is 5.11 Å². The standard InChI is InChI=1S/C19H22O/c1-2-14-6-5-9-17(12-14)19(20)18-11-10-15-7-3-4-8-16(15)13-18/h3-9,12,18-20H,2,10-11,13H2,1H3. The van der Waals surface area contributed by atoms with Crippen LogP contribution in [0.25, 0.3) is 0 Å². The van der Waals surface area contributed by atoms with E-state index in [0.29, 0.717) is 5.92 Å². The third-order valence-electron chi connectivity index (χ3n) is 4.53. The lowest BCUT2D eigenvalue weighted by atomic mass is 9.79. The lowest BCUT2D eigenvalue weighted by Gasteiger charge is -2.29. The van der Waals surface area contributed by atoms with Gasteiger partial charge in [-0.3, -0.25) is 0 Å². The molecule has 0 saturated heterocycles. The molecule has 0 aromatic heterocycles. The van der Waals surface area contributed by atoms with Crippen LogP contribution in [0.3, 0.4) is 0 Å². The fourth-order valence-electron chi connectivity index (χ4n) is 3.26. The Kier molecular flexibility index (Phi) is 3.88. The summed E-state index contributed by atoms with van der Waals surface area (Å²) in [4.78, 5) is 0. The zero-order valence-corrected chi connectivity index (χ0v) is 12.0. The Bertz CT molecular complexity index is 588. The van der Waals surface area contributed by atoms with Gasteiger partial charge in [-0.25, -0.2) is 0 Å². The van der Waals surface area contributed by atoms with Crippen LogP contribution in [0.15, 0.2) is 48.5 Å². The second-order valence-electron chi connectivity index (χ2n) is 5.82. The molecule has 0 aliphatic heterocycles. The first kappa shape index (κ1) is 13.4. The minimum Gasteiger partial charge on any atom is -0.388 e. The first-order chi connectivity index (χ1) is 9.78. The molecule has 1 aliphatic carbocycles. The zero-order chi connectivity index (χ0) is 13.9. The van der Waals surface area contributed by atoms with E-state index in [-0.39, 0.29) is 6.10 Å². The van der Waals surface area contributed by atoms with E-state index < -0.39 is 0 Å². The maximum atomic E-state index is 10.7. The van der Waals surface area contributed by atoms with Gasteiger partial charge in [0.2, 0.25) is 0 Å². The first-order valence-corrected chi connectivity index (χ1v) is 7.61. The fraction of sp³-hybridized carbons (Fsp3) is 0.368. The molecular weight excluding hydrogens is 244 g/mol. The number of benzene rings is 2. The van der Waals surface area contributed by atoms with Crippen molar-refractivity contribution in [2.45, 2.75) is 38.7 Å². The van der Waals surface area contributed by atoms with E-state index in [1.807, 2.05) is 0 Å². The summed E-state index contributed by atoms with van der Waals surface area (Å²) in [5.74, 6) is 0.344. The minimum absolute atomic E-state index is 0.338. The van der Waals surface area contributed by atoms with Gasteiger partial charge in [0.1, 0.15) is 0 Å². The average Bonchev–Trinajstić information content (AvgIpc) is 2.53. The summed E-state index contributed by atoms with van der Waals surface area (Å²) in [5, 5.41) is 10.7. The maximum absolute atomic E-state index is 10.7. The lowest BCUT2D eigenvalue weighted by Crippen LogP contribution is -2.21. The molecule has 1 N–H and O–H groups in total. The van der Waals surface area contributed by atoms with E-state index in [1.54, 1.807) is 0 Å². The smallest absolute Gasteiger partial charge is 0.0821 e. The number of fused-ring (bicyclic) bond motifs is 1. The Labute approximate surface area is 121 Å². The topological polar surface area (TPSA) is 20.2 Å². The van der Waals surface area contributed by atoms with Gasteiger partial charge in [-0.05, 0) is 53.9 Å². The Balaban J connectivity index is 1.80. The number of hydrogen-bond acceptors (Lipinski definition) is 1. The molecule has 2 aromatic rings. The highest BCUT2D eigenvalue weighted by Crippen LogP contribution is 2.34. The van der Waals surface area contributed by atoms with Gasteiger partial charge < -0.3 is 5.11 Å². The predicted molar refractivity (Wildman–Crippen MR) is 82.7 cm³/mol. The first-order valence-electron chi connectivity index (χ1n) is 7.61. The third kappa shape index (κ3) is 2.64. The van der Waals surface area contributed by atoms with Gasteiger partial charge in [-0.2, -0.15) is 0 Å². The number of aliphatic hydroxyl groups excluding tert-OH is 1. The van der Waals surface area contributed by atoms with Gasteiger partial charge in [0.05, 0.1) is 6.10 Å². The van der Waals surface area contributed by atoms with Gasteiger partial charge in [0.15, 0.2) is 0 Å². The average molecular weight is 266 g/mol. The summed E-state index contributed by atoms with van der Waals surface area (Å²) in [5.41, 5.74) is 5.25. The molecule has 0 amide bonds. The SMILES string of the molecule is CCc1cccc(C(O)C2CCc3ccccc3C2)c1. The van der Waals surface area contributed by atoms with E-state index in [9.17, 15) is 5.11 Å². The molecule has 2 atom stereocenters. The molecule has 1 nitrogen and oxygen atoms in total. The van der Waals surface area contributed by atoms with Crippen molar-refractivity contribution < 1.29 is 5.11 Å². The molecular formula is C19H22O. The van der Waals surface area contributed by atoms with Crippen molar-refractivity contribution in [1.29, 1.82) is 0 Å². The molecule has 0 spiro atoms. The molecule has 1 heteroatoms. The Morgan fingerprint density at radius 3 is 2.70 bits per heavy atom. The van der Waals surface area contributed by atoms with Gasteiger partial charge in [0, 0.05) is 0 Å². The molecule has 20 heavy (non-hydrogen) atoms. The van der Waals surface area contributed by atoms with Crippen molar-refractivity contribution in [2.75, 3.05) is 0 Å². The molecule has 3 rings (SSSR count). The number of rotatable bonds is 3. The van der Waals surface area contributed by atoms with E-state index >= 15 is 0 Å². The van der Waals surface area contributed by atoms with Gasteiger partial charge in [-0.1, -0.05) is 55.5 Å². The van der Waals surface area contributed by atoms with Crippen molar-refractivity contribution in [3.8, 4) is 0 Å². The van der Waals surface area contributed by atoms with Crippen molar-refractivity contribution in [2.24, 2.45) is 5.92 Å². The van der Waals surface area contributed by atoms with Crippen LogP contribution in [0.5, 0.6) is 0 Å². The van der Waals surface area contributed by atoms with Gasteiger partial charge >= 0.3 is 0 Å². The normalized spacial score (nSPS) is 19.4. The largest absolute Gasteiger partial charge is 0.388 e. The molecule has 2 aromatic carbocycles. The van der Waals surface area contributed by atoms with Crippen molar-refractivity contribution in [1.82, 2.24) is 0 Å². The van der Waals surface area contributed by atoms with Crippen LogP contribution >= 0.6 is 0 Å². The van der Waals surface area contributed by atoms with E-state index in [0.717, 1.165) is 31.2 Å². The maximum Gasteiger partial charge on any atom is 0.0821 e. The minimum atomic E-state index is -0.338. The molecule has 1 aliphatic rings. The molecule has 0 saturated carbocycles. The summed E-state index contributed by atoms with van der Waals surface area (Å²) in [6.45, 7) is 2.16. The molecule has 0 fully saturated rings. The zero-order valence-electron chi connectivity index (χ0n) is 12.0. The summed E-state index contributed by atoms with van der Waals surface area (Å²) in [6, 6.07) is 17.0. The van der Waals surface area contributed by atoms with Crippen molar-refractivity contribution in [3.05, 3.63) is 70.8 Å². The second-order valence-corrected chi connectivity index (χ2v) is 5.82. The van der Waals surface area contributed by atoms with Crippen LogP contribution in [0, 0.1) is 5.92 Å². The van der Waals surface area contributed by atoms with Crippen molar-refractivity contribution >= 4 is 0 Å². The van der Waals surface area contributed by atoms with Crippen LogP contribution in [0.4, 0.5) is 0 Å². The highest BCUT2D eigenvalue weighted by Gasteiger charge is 2.25. The number of aliphatic hydroxyl groups is 1. The lowest BCUT2D eigenvalue weighted by molar-refractivity contribution is 0.0994. The highest BCUT2D eigenvalue weighted by atomic mass is 16.3. The van der Waals surface area contributed by atoms with Gasteiger partial charge in [-0.15, -0.1) is 0 Å². The molecule has 104 valence electrons. The molecule has 0 bridgehead atoms. The monoisotopic (exact) mass is 266 g/mol. The van der Waals surface area contributed by atoms with Crippen LogP contribution in [-0.2, 0) is 19.3 Å². The highest BCUT2D eigenvalue weighted by molar-refractivity contribution is 5.31. The molecule has 2 unspecified atom stereocenters. The second kappa shape index (κ2) is 5.80. The van der Waals surface area contributed by atoms with E-state index in [4.69, 9.17) is 0 Å². The van der Waals surface area contributed by atoms with E-state index in [2.05, 4.69) is 55.5 Å². The Morgan fingerprint density at radius 2 is 1.90 bits per heavy atom. The van der Waals surface area contributed by atoms with Crippen LogP contribution < -0.4 is 0 Å². The van der Waals surface area contributed by atoms with E-state index in [1.165, 1.54) is 16.7 Å². The number of aryl methyl sites for hydroxylation is 2. The van der Waals surface area contributed by atoms with Crippen molar-refractivity contribution in [3.63, 3.8) is 0 Å². The Morgan fingerprint density at radius 1 is 1.10 bits per heavy atom. The summed E-state index contributed by atoms with van der Waals surface area (Å²) in [6.07, 6.45) is 3.84. The third-order valence-corrected chi connectivity index (χ3v) is 4.53. The summed E-state index contributed by atoms with van der Waals surface area (Å²) >= 11 is 0. The number of hydrogen-bond donors (Lipinski definition) is 1. The fourth-order valence-corrected chi connectivity index (χ4v) is 3.26. The predicted octanol–water partition coefficient (Wildman–Crippen LogP) is 4.09. The Hall–Kier alpha value is -1.60.